The van der Waals surface area contributed by atoms with Crippen LogP contribution in [0.4, 0.5) is 0 Å². The van der Waals surface area contributed by atoms with E-state index in [2.05, 4.69) is 5.10 Å². The van der Waals surface area contributed by atoms with E-state index in [-0.39, 0.29) is 18.0 Å². The Morgan fingerprint density at radius 2 is 2.18 bits per heavy atom. The van der Waals surface area contributed by atoms with Crippen LogP contribution in [-0.4, -0.2) is 9.78 Å². The summed E-state index contributed by atoms with van der Waals surface area (Å²) in [6, 6.07) is 0. The standard InChI is InChI=1S/C6H11N3O.ClH/c1-4-5(3-7)6(10)9(2)8-4;/h8H,3,7H2,1-2H3;1H. The summed E-state index contributed by atoms with van der Waals surface area (Å²) in [4.78, 5) is 11.1. The molecule has 0 aliphatic heterocycles. The molecule has 11 heavy (non-hydrogen) atoms. The second kappa shape index (κ2) is 3.59. The first-order valence-corrected chi connectivity index (χ1v) is 3.11. The lowest BCUT2D eigenvalue weighted by molar-refractivity contribution is 0.729. The van der Waals surface area contributed by atoms with Crippen LogP contribution in [0.5, 0.6) is 0 Å². The Labute approximate surface area is 70.8 Å². The predicted molar refractivity (Wildman–Crippen MR) is 45.9 cm³/mol. The number of aryl methyl sites for hydroxylation is 2. The second-order valence-corrected chi connectivity index (χ2v) is 2.28. The molecule has 5 heteroatoms. The number of nitrogens with zero attached hydrogens (tertiary/aromatic N) is 1. The van der Waals surface area contributed by atoms with Crippen molar-refractivity contribution in [2.75, 3.05) is 0 Å². The Kier molecular flexibility index (Phi) is 3.35. The number of aromatic nitrogens is 2. The van der Waals surface area contributed by atoms with Gasteiger partial charge in [0.15, 0.2) is 0 Å². The van der Waals surface area contributed by atoms with Crippen LogP contribution in [0.25, 0.3) is 0 Å². The molecule has 0 amide bonds. The van der Waals surface area contributed by atoms with Crippen molar-refractivity contribution in [2.45, 2.75) is 13.5 Å². The number of nitrogens with one attached hydrogen (secondary N) is 1. The van der Waals surface area contributed by atoms with E-state index in [0.29, 0.717) is 12.1 Å². The van der Waals surface area contributed by atoms with Gasteiger partial charge in [-0.2, -0.15) is 0 Å². The summed E-state index contributed by atoms with van der Waals surface area (Å²) in [5.74, 6) is 0. The van der Waals surface area contributed by atoms with Gasteiger partial charge in [0, 0.05) is 19.3 Å². The molecule has 1 rings (SSSR count). The number of rotatable bonds is 1. The maximum atomic E-state index is 11.1. The normalized spacial score (nSPS) is 9.36. The maximum absolute atomic E-state index is 11.1. The molecular weight excluding hydrogens is 166 g/mol. The number of hydrogen-bond acceptors (Lipinski definition) is 2. The molecule has 0 spiro atoms. The van der Waals surface area contributed by atoms with Crippen LogP contribution in [0.1, 0.15) is 11.3 Å². The first kappa shape index (κ1) is 10.3. The lowest BCUT2D eigenvalue weighted by Crippen LogP contribution is -2.17. The molecule has 0 saturated heterocycles. The molecule has 0 saturated carbocycles. The van der Waals surface area contributed by atoms with Crippen LogP contribution in [0.15, 0.2) is 4.79 Å². The summed E-state index contributed by atoms with van der Waals surface area (Å²) in [5.41, 5.74) is 6.83. The predicted octanol–water partition coefficient (Wildman–Crippen LogP) is -0.0977. The van der Waals surface area contributed by atoms with Crippen LogP contribution in [0.2, 0.25) is 0 Å². The molecule has 0 unspecified atom stereocenters. The molecule has 0 radical (unpaired) electrons. The van der Waals surface area contributed by atoms with Crippen molar-refractivity contribution in [3.8, 4) is 0 Å². The smallest absolute Gasteiger partial charge is 0.270 e. The van der Waals surface area contributed by atoms with Gasteiger partial charge in [-0.1, -0.05) is 0 Å². The molecule has 0 aliphatic carbocycles. The third-order valence-electron chi connectivity index (χ3n) is 1.55. The third-order valence-corrected chi connectivity index (χ3v) is 1.55. The number of halogens is 1. The van der Waals surface area contributed by atoms with Gasteiger partial charge in [0.1, 0.15) is 0 Å². The lowest BCUT2D eigenvalue weighted by Gasteiger charge is -1.85. The summed E-state index contributed by atoms with van der Waals surface area (Å²) >= 11 is 0. The van der Waals surface area contributed by atoms with Crippen LogP contribution in [0, 0.1) is 6.92 Å². The molecule has 4 nitrogen and oxygen atoms in total. The average molecular weight is 178 g/mol. The van der Waals surface area contributed by atoms with Gasteiger partial charge in [-0.3, -0.25) is 14.6 Å². The third kappa shape index (κ3) is 1.64. The van der Waals surface area contributed by atoms with Crippen LogP contribution >= 0.6 is 12.4 Å². The summed E-state index contributed by atoms with van der Waals surface area (Å²) in [7, 11) is 1.68. The zero-order valence-corrected chi connectivity index (χ0v) is 7.36. The molecule has 0 bridgehead atoms. The topological polar surface area (TPSA) is 63.8 Å². The zero-order chi connectivity index (χ0) is 7.72. The van der Waals surface area contributed by atoms with Gasteiger partial charge < -0.3 is 5.73 Å². The highest BCUT2D eigenvalue weighted by atomic mass is 35.5. The van der Waals surface area contributed by atoms with E-state index in [4.69, 9.17) is 5.73 Å². The molecule has 0 aliphatic rings. The minimum absolute atomic E-state index is 0. The van der Waals surface area contributed by atoms with Crippen molar-refractivity contribution >= 4 is 12.4 Å². The Hall–Kier alpha value is -0.740. The number of nitrogens with two attached hydrogens (primary N) is 1. The maximum Gasteiger partial charge on any atom is 0.270 e. The Balaban J connectivity index is 0.000001000. The van der Waals surface area contributed by atoms with Gasteiger partial charge >= 0.3 is 0 Å². The molecule has 1 heterocycles. The monoisotopic (exact) mass is 177 g/mol. The van der Waals surface area contributed by atoms with Crippen molar-refractivity contribution in [2.24, 2.45) is 12.8 Å². The number of hydrogen-bond donors (Lipinski definition) is 2. The minimum atomic E-state index is -0.0278. The van der Waals surface area contributed by atoms with E-state index >= 15 is 0 Å². The number of H-pyrrole nitrogens is 1. The summed E-state index contributed by atoms with van der Waals surface area (Å²) in [6.07, 6.45) is 0. The fourth-order valence-electron chi connectivity index (χ4n) is 0.973. The van der Waals surface area contributed by atoms with Crippen molar-refractivity contribution < 1.29 is 0 Å². The van der Waals surface area contributed by atoms with Gasteiger partial charge in [0.25, 0.3) is 5.56 Å². The van der Waals surface area contributed by atoms with Crippen molar-refractivity contribution in [3.05, 3.63) is 21.6 Å². The van der Waals surface area contributed by atoms with Crippen LogP contribution in [-0.2, 0) is 13.6 Å². The molecule has 1 aromatic rings. The fraction of sp³-hybridized carbons (Fsp3) is 0.500. The molecular formula is C6H12ClN3O. The van der Waals surface area contributed by atoms with Crippen molar-refractivity contribution in [1.29, 1.82) is 0 Å². The molecule has 0 fully saturated rings. The van der Waals surface area contributed by atoms with Crippen LogP contribution in [0.3, 0.4) is 0 Å². The van der Waals surface area contributed by atoms with Gasteiger partial charge in [0.05, 0.1) is 5.56 Å². The largest absolute Gasteiger partial charge is 0.326 e. The van der Waals surface area contributed by atoms with Crippen molar-refractivity contribution in [3.63, 3.8) is 0 Å². The summed E-state index contributed by atoms with van der Waals surface area (Å²) in [5, 5.41) is 2.85. The molecule has 1 aromatic heterocycles. The highest BCUT2D eigenvalue weighted by molar-refractivity contribution is 5.85. The highest BCUT2D eigenvalue weighted by Gasteiger charge is 2.04. The fourth-order valence-corrected chi connectivity index (χ4v) is 0.973. The van der Waals surface area contributed by atoms with Gasteiger partial charge in [-0.15, -0.1) is 12.4 Å². The second-order valence-electron chi connectivity index (χ2n) is 2.28. The SMILES string of the molecule is Cc1[nH]n(C)c(=O)c1CN.Cl. The first-order valence-electron chi connectivity index (χ1n) is 3.11. The summed E-state index contributed by atoms with van der Waals surface area (Å²) in [6.45, 7) is 2.14. The van der Waals surface area contributed by atoms with E-state index in [0.717, 1.165) is 5.69 Å². The Morgan fingerprint density at radius 1 is 1.64 bits per heavy atom. The zero-order valence-electron chi connectivity index (χ0n) is 6.55. The minimum Gasteiger partial charge on any atom is -0.326 e. The van der Waals surface area contributed by atoms with Gasteiger partial charge in [-0.05, 0) is 6.92 Å². The Morgan fingerprint density at radius 3 is 2.36 bits per heavy atom. The molecule has 0 aromatic carbocycles. The first-order chi connectivity index (χ1) is 4.66. The highest BCUT2D eigenvalue weighted by Crippen LogP contribution is 1.94. The molecule has 3 N–H and O–H groups in total. The summed E-state index contributed by atoms with van der Waals surface area (Å²) < 4.78 is 1.43. The van der Waals surface area contributed by atoms with Gasteiger partial charge in [0.2, 0.25) is 0 Å². The van der Waals surface area contributed by atoms with E-state index in [1.165, 1.54) is 4.68 Å². The van der Waals surface area contributed by atoms with Gasteiger partial charge in [-0.25, -0.2) is 0 Å². The van der Waals surface area contributed by atoms with Crippen LogP contribution < -0.4 is 11.3 Å². The van der Waals surface area contributed by atoms with E-state index in [9.17, 15) is 4.79 Å². The Bertz CT molecular complexity index is 289. The van der Waals surface area contributed by atoms with E-state index < -0.39 is 0 Å². The average Bonchev–Trinajstić information content (AvgIpc) is 2.09. The molecule has 0 atom stereocenters. The quantitative estimate of drug-likeness (QED) is 0.630. The van der Waals surface area contributed by atoms with Crippen molar-refractivity contribution in [1.82, 2.24) is 9.78 Å². The number of aromatic amines is 1. The van der Waals surface area contributed by atoms with E-state index in [1.807, 2.05) is 6.92 Å². The van der Waals surface area contributed by atoms with E-state index in [1.54, 1.807) is 7.05 Å². The lowest BCUT2D eigenvalue weighted by atomic mass is 10.3. The molecule has 64 valence electrons.